The summed E-state index contributed by atoms with van der Waals surface area (Å²) in [6.07, 6.45) is 0. The zero-order valence-corrected chi connectivity index (χ0v) is 11.7. The molecule has 0 aliphatic carbocycles. The fourth-order valence-electron chi connectivity index (χ4n) is 1.99. The van der Waals surface area contributed by atoms with Gasteiger partial charge in [0.15, 0.2) is 17.2 Å². The van der Waals surface area contributed by atoms with Crippen molar-refractivity contribution in [1.82, 2.24) is 4.98 Å². The smallest absolute Gasteiger partial charge is 0.443 e. The first-order valence-electron chi connectivity index (χ1n) is 6.31. The van der Waals surface area contributed by atoms with Gasteiger partial charge in [0, 0.05) is 12.1 Å². The van der Waals surface area contributed by atoms with E-state index in [-0.39, 0.29) is 16.9 Å². The first-order chi connectivity index (χ1) is 9.19. The third-order valence-electron chi connectivity index (χ3n) is 3.90. The monoisotopic (exact) mass is 281 g/mol. The highest BCUT2D eigenvalue weighted by atomic mass is 19.2. The summed E-state index contributed by atoms with van der Waals surface area (Å²) in [5, 5.41) is 0. The van der Waals surface area contributed by atoms with Crippen LogP contribution in [0.5, 0.6) is 0 Å². The van der Waals surface area contributed by atoms with E-state index in [1.165, 1.54) is 0 Å². The lowest BCUT2D eigenvalue weighted by Gasteiger charge is -2.32. The Balaban J connectivity index is 2.00. The first kappa shape index (κ1) is 13.5. The topological polar surface area (TPSA) is 44.5 Å². The van der Waals surface area contributed by atoms with Crippen molar-refractivity contribution >= 4 is 24.0 Å². The Labute approximate surface area is 115 Å². The van der Waals surface area contributed by atoms with Gasteiger partial charge in [-0.1, -0.05) is 0 Å². The summed E-state index contributed by atoms with van der Waals surface area (Å²) in [5.74, 6) is -1.79. The number of aromatic nitrogens is 1. The van der Waals surface area contributed by atoms with Gasteiger partial charge in [-0.05, 0) is 27.7 Å². The molecule has 2 heterocycles. The van der Waals surface area contributed by atoms with E-state index in [4.69, 9.17) is 13.7 Å². The van der Waals surface area contributed by atoms with Gasteiger partial charge in [0.2, 0.25) is 5.79 Å². The van der Waals surface area contributed by atoms with Crippen LogP contribution in [0.4, 0.5) is 8.78 Å². The number of halogens is 2. The maximum Gasteiger partial charge on any atom is 0.554 e. The van der Waals surface area contributed by atoms with E-state index in [9.17, 15) is 8.78 Å². The summed E-state index contributed by atoms with van der Waals surface area (Å²) in [6, 6.07) is 1.95. The van der Waals surface area contributed by atoms with Crippen molar-refractivity contribution in [2.75, 3.05) is 0 Å². The Bertz CT molecular complexity index is 629. The SMILES string of the molecule is CC1(C)OB(c2nc3cc(F)c(F)cc3o2)OC1(C)C. The second-order valence-corrected chi connectivity index (χ2v) is 5.87. The lowest BCUT2D eigenvalue weighted by atomic mass is 9.90. The van der Waals surface area contributed by atoms with Crippen LogP contribution in [-0.4, -0.2) is 23.3 Å². The molecule has 2 aromatic rings. The molecule has 1 saturated heterocycles. The lowest BCUT2D eigenvalue weighted by molar-refractivity contribution is 0.00578. The third-order valence-corrected chi connectivity index (χ3v) is 3.90. The normalized spacial score (nSPS) is 20.8. The van der Waals surface area contributed by atoms with Crippen molar-refractivity contribution in [2.24, 2.45) is 0 Å². The van der Waals surface area contributed by atoms with Crippen molar-refractivity contribution in [2.45, 2.75) is 38.9 Å². The standard InChI is InChI=1S/C13H14BF2NO3/c1-12(2)13(3,4)20-14(19-12)11-17-9-5-7(15)8(16)6-10(9)18-11/h5-6H,1-4H3. The summed E-state index contributed by atoms with van der Waals surface area (Å²) in [4.78, 5) is 4.10. The molecule has 0 unspecified atom stereocenters. The highest BCUT2D eigenvalue weighted by Crippen LogP contribution is 2.36. The van der Waals surface area contributed by atoms with Gasteiger partial charge in [0.1, 0.15) is 5.52 Å². The average molecular weight is 281 g/mol. The first-order valence-corrected chi connectivity index (χ1v) is 6.31. The molecule has 1 aliphatic rings. The predicted molar refractivity (Wildman–Crippen MR) is 69.6 cm³/mol. The number of fused-ring (bicyclic) bond motifs is 1. The van der Waals surface area contributed by atoms with E-state index in [2.05, 4.69) is 4.98 Å². The van der Waals surface area contributed by atoms with E-state index in [1.807, 2.05) is 27.7 Å². The summed E-state index contributed by atoms with van der Waals surface area (Å²) in [7, 11) is -0.793. The van der Waals surface area contributed by atoms with E-state index >= 15 is 0 Å². The second kappa shape index (κ2) is 4.02. The molecular formula is C13H14BF2NO3. The van der Waals surface area contributed by atoms with Crippen molar-refractivity contribution in [1.29, 1.82) is 0 Å². The van der Waals surface area contributed by atoms with Crippen molar-refractivity contribution in [3.63, 3.8) is 0 Å². The van der Waals surface area contributed by atoms with Crippen LogP contribution in [0.25, 0.3) is 11.1 Å². The maximum absolute atomic E-state index is 13.2. The molecule has 20 heavy (non-hydrogen) atoms. The molecular weight excluding hydrogens is 267 g/mol. The Morgan fingerprint density at radius 1 is 1.00 bits per heavy atom. The fraction of sp³-hybridized carbons (Fsp3) is 0.462. The number of nitrogens with zero attached hydrogens (tertiary/aromatic N) is 1. The molecule has 106 valence electrons. The summed E-state index contributed by atoms with van der Waals surface area (Å²) < 4.78 is 43.3. The van der Waals surface area contributed by atoms with Gasteiger partial charge >= 0.3 is 7.12 Å². The van der Waals surface area contributed by atoms with Gasteiger partial charge in [-0.3, -0.25) is 0 Å². The molecule has 0 spiro atoms. The van der Waals surface area contributed by atoms with Crippen LogP contribution in [0.2, 0.25) is 0 Å². The van der Waals surface area contributed by atoms with E-state index in [0.717, 1.165) is 12.1 Å². The molecule has 3 rings (SSSR count). The quantitative estimate of drug-likeness (QED) is 0.753. The highest BCUT2D eigenvalue weighted by Gasteiger charge is 2.54. The number of hydrogen-bond acceptors (Lipinski definition) is 4. The van der Waals surface area contributed by atoms with Crippen LogP contribution in [0.15, 0.2) is 16.5 Å². The molecule has 0 N–H and O–H groups in total. The Morgan fingerprint density at radius 3 is 2.15 bits per heavy atom. The molecule has 1 aliphatic heterocycles. The summed E-state index contributed by atoms with van der Waals surface area (Å²) in [5.41, 5.74) is -0.675. The summed E-state index contributed by atoms with van der Waals surface area (Å²) >= 11 is 0. The van der Waals surface area contributed by atoms with Crippen LogP contribution in [0.3, 0.4) is 0 Å². The number of hydrogen-bond donors (Lipinski definition) is 0. The van der Waals surface area contributed by atoms with E-state index in [0.29, 0.717) is 0 Å². The van der Waals surface area contributed by atoms with Gasteiger partial charge in [0.25, 0.3) is 0 Å². The predicted octanol–water partition coefficient (Wildman–Crippen LogP) is 2.41. The van der Waals surface area contributed by atoms with Gasteiger partial charge in [-0.2, -0.15) is 0 Å². The largest absolute Gasteiger partial charge is 0.554 e. The second-order valence-electron chi connectivity index (χ2n) is 5.87. The van der Waals surface area contributed by atoms with E-state index in [1.54, 1.807) is 0 Å². The molecule has 1 aromatic carbocycles. The van der Waals surface area contributed by atoms with Gasteiger partial charge in [-0.15, -0.1) is 0 Å². The molecule has 7 heteroatoms. The van der Waals surface area contributed by atoms with Crippen LogP contribution in [-0.2, 0) is 9.31 Å². The van der Waals surface area contributed by atoms with Crippen molar-refractivity contribution in [3.8, 4) is 0 Å². The molecule has 0 bridgehead atoms. The summed E-state index contributed by atoms with van der Waals surface area (Å²) in [6.45, 7) is 7.59. The lowest BCUT2D eigenvalue weighted by Crippen LogP contribution is -2.41. The maximum atomic E-state index is 13.2. The number of oxazole rings is 1. The van der Waals surface area contributed by atoms with Crippen molar-refractivity contribution in [3.05, 3.63) is 23.8 Å². The molecule has 4 nitrogen and oxygen atoms in total. The molecule has 0 amide bonds. The van der Waals surface area contributed by atoms with E-state index < -0.39 is 30.0 Å². The van der Waals surface area contributed by atoms with Gasteiger partial charge in [0.05, 0.1) is 11.2 Å². The van der Waals surface area contributed by atoms with Gasteiger partial charge in [-0.25, -0.2) is 13.8 Å². The molecule has 0 radical (unpaired) electrons. The zero-order valence-electron chi connectivity index (χ0n) is 11.7. The van der Waals surface area contributed by atoms with Crippen LogP contribution in [0.1, 0.15) is 27.7 Å². The molecule has 1 aromatic heterocycles. The molecule has 1 fully saturated rings. The molecule has 0 saturated carbocycles. The fourth-order valence-corrected chi connectivity index (χ4v) is 1.99. The van der Waals surface area contributed by atoms with Crippen molar-refractivity contribution < 1.29 is 22.5 Å². The minimum Gasteiger partial charge on any atom is -0.443 e. The zero-order chi connectivity index (χ0) is 14.7. The average Bonchev–Trinajstić information content (AvgIpc) is 2.79. The van der Waals surface area contributed by atoms with Gasteiger partial charge < -0.3 is 13.7 Å². The highest BCUT2D eigenvalue weighted by molar-refractivity contribution is 6.59. The van der Waals surface area contributed by atoms with Crippen LogP contribution in [0, 0.1) is 11.6 Å². The third kappa shape index (κ3) is 1.92. The van der Waals surface area contributed by atoms with Crippen LogP contribution >= 0.6 is 0 Å². The minimum atomic E-state index is -0.978. The molecule has 0 atom stereocenters. The Morgan fingerprint density at radius 2 is 1.55 bits per heavy atom. The Hall–Kier alpha value is -1.47. The number of rotatable bonds is 1. The Kier molecular flexibility index (Phi) is 2.72. The minimum absolute atomic E-state index is 0.156. The number of benzene rings is 1. The van der Waals surface area contributed by atoms with Crippen LogP contribution < -0.4 is 5.79 Å².